The van der Waals surface area contributed by atoms with Crippen LogP contribution in [-0.4, -0.2) is 49.2 Å². The summed E-state index contributed by atoms with van der Waals surface area (Å²) in [5.41, 5.74) is 0.923. The first-order chi connectivity index (χ1) is 13.4. The number of hydrogen-bond donors (Lipinski definition) is 1. The van der Waals surface area contributed by atoms with Crippen molar-refractivity contribution in [1.82, 2.24) is 13.9 Å². The number of rotatable bonds is 2. The van der Waals surface area contributed by atoms with Crippen molar-refractivity contribution in [3.8, 4) is 0 Å². The van der Waals surface area contributed by atoms with Crippen LogP contribution in [0.4, 0.5) is 4.39 Å². The number of nitrogens with zero attached hydrogens (tertiary/aromatic N) is 2. The molecule has 3 aliphatic rings. The third-order valence-electron chi connectivity index (χ3n) is 6.82. The number of carbonyl (C=O) groups excluding carboxylic acids is 1. The molecule has 1 amide bonds. The predicted octanol–water partition coefficient (Wildman–Crippen LogP) is 2.83. The van der Waals surface area contributed by atoms with Crippen LogP contribution in [0.5, 0.6) is 0 Å². The van der Waals surface area contributed by atoms with Crippen LogP contribution in [0.15, 0.2) is 24.3 Å². The molecule has 2 bridgehead atoms. The Balaban J connectivity index is 1.61. The molecule has 8 heteroatoms. The van der Waals surface area contributed by atoms with Crippen molar-refractivity contribution in [1.29, 1.82) is 0 Å². The molecule has 160 valence electrons. The van der Waals surface area contributed by atoms with E-state index in [1.807, 2.05) is 4.90 Å². The van der Waals surface area contributed by atoms with Gasteiger partial charge >= 0.3 is 0 Å². The molecule has 29 heavy (non-hydrogen) atoms. The minimum Gasteiger partial charge on any atom is -0.338 e. The Hall–Kier alpha value is -1.51. The Kier molecular flexibility index (Phi) is 4.83. The second-order valence-electron chi connectivity index (χ2n) is 10.2. The van der Waals surface area contributed by atoms with Gasteiger partial charge in [-0.25, -0.2) is 4.39 Å². The monoisotopic (exact) mass is 423 g/mol. The average Bonchev–Trinajstić information content (AvgIpc) is 2.86. The number of fused-ring (bicyclic) bond motifs is 2. The van der Waals surface area contributed by atoms with Crippen LogP contribution in [-0.2, 0) is 15.0 Å². The summed E-state index contributed by atoms with van der Waals surface area (Å²) in [5.74, 6) is -0.492. The molecule has 1 N–H and O–H groups in total. The summed E-state index contributed by atoms with van der Waals surface area (Å²) < 4.78 is 42.5. The smallest absolute Gasteiger partial charge is 0.280 e. The number of amides is 1. The molecule has 1 saturated carbocycles. The van der Waals surface area contributed by atoms with E-state index in [0.717, 1.165) is 23.6 Å². The zero-order chi connectivity index (χ0) is 21.2. The number of carbonyl (C=O) groups is 1. The van der Waals surface area contributed by atoms with Gasteiger partial charge in [0.15, 0.2) is 0 Å². The van der Waals surface area contributed by atoms with Crippen LogP contribution in [0.1, 0.15) is 58.1 Å². The van der Waals surface area contributed by atoms with Gasteiger partial charge in [0.05, 0.1) is 0 Å². The van der Waals surface area contributed by atoms with Gasteiger partial charge < -0.3 is 4.90 Å². The quantitative estimate of drug-likeness (QED) is 0.795. The van der Waals surface area contributed by atoms with E-state index in [1.54, 1.807) is 12.1 Å². The molecule has 1 aromatic rings. The van der Waals surface area contributed by atoms with Crippen molar-refractivity contribution >= 4 is 16.1 Å². The second-order valence-corrected chi connectivity index (χ2v) is 11.9. The molecule has 6 nitrogen and oxygen atoms in total. The van der Waals surface area contributed by atoms with Crippen LogP contribution in [0.2, 0.25) is 0 Å². The highest BCUT2D eigenvalue weighted by molar-refractivity contribution is 7.87. The van der Waals surface area contributed by atoms with Gasteiger partial charge in [-0.15, -0.1) is 0 Å². The molecule has 2 saturated heterocycles. The number of nitrogens with one attached hydrogen (secondary N) is 1. The second kappa shape index (κ2) is 6.75. The Morgan fingerprint density at radius 1 is 1.17 bits per heavy atom. The maximum absolute atomic E-state index is 13.6. The summed E-state index contributed by atoms with van der Waals surface area (Å²) >= 11 is 0. The molecule has 0 unspecified atom stereocenters. The van der Waals surface area contributed by atoms with E-state index in [0.29, 0.717) is 18.5 Å². The summed E-state index contributed by atoms with van der Waals surface area (Å²) in [5, 5.41) is 0. The standard InChI is InChI=1S/C21H30FN3O3S/c1-20(2)10-16-11-21(3,12-20)13-25(16)19(26)18-9-17(23-29(27,28)24(18)4)14-5-7-15(22)8-6-14/h5-8,16-18,23H,9-13H2,1-4H3/t16-,17+,18-,21-/m1/s1. The van der Waals surface area contributed by atoms with Crippen LogP contribution in [0.25, 0.3) is 0 Å². The van der Waals surface area contributed by atoms with E-state index in [2.05, 4.69) is 25.5 Å². The lowest BCUT2D eigenvalue weighted by molar-refractivity contribution is -0.137. The third kappa shape index (κ3) is 3.82. The van der Waals surface area contributed by atoms with Crippen molar-refractivity contribution < 1.29 is 17.6 Å². The third-order valence-corrected chi connectivity index (χ3v) is 8.42. The van der Waals surface area contributed by atoms with Gasteiger partial charge in [0.2, 0.25) is 5.91 Å². The molecule has 2 aliphatic heterocycles. The molecule has 3 fully saturated rings. The molecule has 0 radical (unpaired) electrons. The molecule has 0 aromatic heterocycles. The highest BCUT2D eigenvalue weighted by Gasteiger charge is 2.53. The maximum Gasteiger partial charge on any atom is 0.280 e. The van der Waals surface area contributed by atoms with Gasteiger partial charge in [-0.2, -0.15) is 17.4 Å². The Morgan fingerprint density at radius 2 is 1.83 bits per heavy atom. The van der Waals surface area contributed by atoms with E-state index in [4.69, 9.17) is 0 Å². The largest absolute Gasteiger partial charge is 0.338 e. The summed E-state index contributed by atoms with van der Waals surface area (Å²) in [7, 11) is -2.35. The lowest BCUT2D eigenvalue weighted by Gasteiger charge is -2.41. The summed E-state index contributed by atoms with van der Waals surface area (Å²) in [6.45, 7) is 7.41. The maximum atomic E-state index is 13.6. The fourth-order valence-electron chi connectivity index (χ4n) is 5.91. The first kappa shape index (κ1) is 20.8. The fraction of sp³-hybridized carbons (Fsp3) is 0.667. The summed E-state index contributed by atoms with van der Waals surface area (Å²) in [6, 6.07) is 4.61. The van der Waals surface area contributed by atoms with Crippen molar-refractivity contribution in [3.05, 3.63) is 35.6 Å². The normalized spacial score (nSPS) is 36.2. The number of benzene rings is 1. The predicted molar refractivity (Wildman–Crippen MR) is 109 cm³/mol. The van der Waals surface area contributed by atoms with Crippen LogP contribution >= 0.6 is 0 Å². The van der Waals surface area contributed by atoms with E-state index >= 15 is 0 Å². The number of likely N-dealkylation sites (N-methyl/N-ethyl adjacent to an activating group) is 1. The molecule has 2 heterocycles. The molecular formula is C21H30FN3O3S. The molecule has 1 aromatic carbocycles. The van der Waals surface area contributed by atoms with Gasteiger partial charge in [0.25, 0.3) is 10.2 Å². The van der Waals surface area contributed by atoms with Crippen LogP contribution in [0, 0.1) is 16.6 Å². The lowest BCUT2D eigenvalue weighted by atomic mass is 9.65. The summed E-state index contributed by atoms with van der Waals surface area (Å²) in [4.78, 5) is 15.5. The molecule has 0 spiro atoms. The van der Waals surface area contributed by atoms with Crippen molar-refractivity contribution in [3.63, 3.8) is 0 Å². The minimum absolute atomic E-state index is 0.0861. The zero-order valence-corrected chi connectivity index (χ0v) is 18.3. The van der Waals surface area contributed by atoms with Crippen molar-refractivity contribution in [2.75, 3.05) is 13.6 Å². The van der Waals surface area contributed by atoms with Crippen molar-refractivity contribution in [2.45, 2.75) is 64.6 Å². The first-order valence-corrected chi connectivity index (χ1v) is 11.6. The number of hydrogen-bond acceptors (Lipinski definition) is 3. The highest BCUT2D eigenvalue weighted by Crippen LogP contribution is 2.52. The SMILES string of the molecule is CN1[C@@H](C(=O)N2C[C@]3(C)C[C@H]2CC(C)(C)C3)C[C@@H](c2ccc(F)cc2)NS1(=O)=O. The fourth-order valence-corrected chi connectivity index (χ4v) is 7.18. The lowest BCUT2D eigenvalue weighted by Crippen LogP contribution is -2.58. The molecule has 1 aliphatic carbocycles. The zero-order valence-electron chi connectivity index (χ0n) is 17.5. The van der Waals surface area contributed by atoms with Gasteiger partial charge in [-0.3, -0.25) is 4.79 Å². The Morgan fingerprint density at radius 3 is 2.48 bits per heavy atom. The van der Waals surface area contributed by atoms with E-state index in [1.165, 1.54) is 19.2 Å². The number of halogens is 1. The Bertz CT molecular complexity index is 918. The van der Waals surface area contributed by atoms with Crippen molar-refractivity contribution in [2.24, 2.45) is 10.8 Å². The molecular weight excluding hydrogens is 393 g/mol. The van der Waals surface area contributed by atoms with Gasteiger partial charge in [0, 0.05) is 25.7 Å². The highest BCUT2D eigenvalue weighted by atomic mass is 32.2. The van der Waals surface area contributed by atoms with Gasteiger partial charge in [0.1, 0.15) is 11.9 Å². The van der Waals surface area contributed by atoms with Crippen LogP contribution in [0.3, 0.4) is 0 Å². The van der Waals surface area contributed by atoms with E-state index < -0.39 is 22.3 Å². The van der Waals surface area contributed by atoms with E-state index in [-0.39, 0.29) is 28.6 Å². The Labute approximate surface area is 172 Å². The number of likely N-dealkylation sites (tertiary alicyclic amines) is 1. The van der Waals surface area contributed by atoms with E-state index in [9.17, 15) is 17.6 Å². The molecule has 4 rings (SSSR count). The minimum atomic E-state index is -3.81. The van der Waals surface area contributed by atoms with Gasteiger partial charge in [-0.1, -0.05) is 32.9 Å². The first-order valence-electron chi connectivity index (χ1n) is 10.2. The topological polar surface area (TPSA) is 69.7 Å². The van der Waals surface area contributed by atoms with Gasteiger partial charge in [-0.05, 0) is 54.2 Å². The summed E-state index contributed by atoms with van der Waals surface area (Å²) in [6.07, 6.45) is 3.31. The van der Waals surface area contributed by atoms with Crippen LogP contribution < -0.4 is 4.72 Å². The average molecular weight is 424 g/mol. The molecule has 4 atom stereocenters.